The molecule has 29 heavy (non-hydrogen) atoms. The van der Waals surface area contributed by atoms with Gasteiger partial charge in [-0.2, -0.15) is 18.3 Å². The van der Waals surface area contributed by atoms with Crippen molar-refractivity contribution in [2.24, 2.45) is 0 Å². The van der Waals surface area contributed by atoms with Crippen molar-refractivity contribution >= 4 is 11.7 Å². The van der Waals surface area contributed by atoms with Gasteiger partial charge in [-0.1, -0.05) is 37.3 Å². The van der Waals surface area contributed by atoms with Crippen LogP contribution in [0, 0.1) is 0 Å². The lowest BCUT2D eigenvalue weighted by Gasteiger charge is -2.34. The number of halogens is 3. The van der Waals surface area contributed by atoms with Crippen molar-refractivity contribution in [1.82, 2.24) is 14.7 Å². The predicted octanol–water partition coefficient (Wildman–Crippen LogP) is 4.95. The highest BCUT2D eigenvalue weighted by Crippen LogP contribution is 2.43. The zero-order chi connectivity index (χ0) is 20.6. The first-order chi connectivity index (χ1) is 13.9. The second kappa shape index (κ2) is 7.72. The lowest BCUT2D eigenvalue weighted by molar-refractivity contribution is -0.173. The maximum absolute atomic E-state index is 13.8. The van der Waals surface area contributed by atoms with Gasteiger partial charge in [-0.15, -0.1) is 0 Å². The maximum atomic E-state index is 13.8. The summed E-state index contributed by atoms with van der Waals surface area (Å²) in [6.45, 7) is 2.66. The highest BCUT2D eigenvalue weighted by molar-refractivity contribution is 5.93. The van der Waals surface area contributed by atoms with E-state index in [0.717, 1.165) is 35.9 Å². The minimum absolute atomic E-state index is 0.0795. The molecule has 1 saturated heterocycles. The number of hydrogen-bond donors (Lipinski definition) is 1. The van der Waals surface area contributed by atoms with Crippen LogP contribution in [-0.4, -0.2) is 39.4 Å². The lowest BCUT2D eigenvalue weighted by atomic mass is 9.97. The second-order valence-corrected chi connectivity index (χ2v) is 7.82. The summed E-state index contributed by atoms with van der Waals surface area (Å²) in [4.78, 5) is 14.8. The lowest BCUT2D eigenvalue weighted by Crippen LogP contribution is -2.43. The molecule has 2 aromatic rings. The van der Waals surface area contributed by atoms with E-state index in [1.807, 2.05) is 37.3 Å². The first kappa shape index (κ1) is 19.8. The molecular weight excluding hydrogens is 381 g/mol. The number of piperidine rings is 1. The van der Waals surface area contributed by atoms with E-state index in [1.165, 1.54) is 6.07 Å². The topological polar surface area (TPSA) is 50.2 Å². The number of nitrogens with one attached hydrogen (secondary N) is 1. The Kier molecular flexibility index (Phi) is 5.27. The third kappa shape index (κ3) is 3.84. The van der Waals surface area contributed by atoms with Gasteiger partial charge in [-0.3, -0.25) is 4.79 Å². The number of benzene rings is 1. The number of anilines is 1. The quantitative estimate of drug-likeness (QED) is 0.785. The minimum atomic E-state index is -4.45. The minimum Gasteiger partial charge on any atom is -0.363 e. The summed E-state index contributed by atoms with van der Waals surface area (Å²) in [5, 5.41) is 7.26. The normalized spacial score (nSPS) is 24.7. The number of nitrogens with zero attached hydrogens (tertiary/aromatic N) is 3. The Morgan fingerprint density at radius 2 is 2.00 bits per heavy atom. The Labute approximate surface area is 167 Å². The van der Waals surface area contributed by atoms with Crippen LogP contribution >= 0.6 is 0 Å². The summed E-state index contributed by atoms with van der Waals surface area (Å²) in [5.41, 5.74) is 0.861. The number of alkyl halides is 3. The molecule has 1 aromatic carbocycles. The molecule has 1 N–H and O–H groups in total. The number of fused-ring (bicyclic) bond motifs is 1. The summed E-state index contributed by atoms with van der Waals surface area (Å²) >= 11 is 0. The molecule has 3 atom stereocenters. The smallest absolute Gasteiger partial charge is 0.363 e. The second-order valence-electron chi connectivity index (χ2n) is 7.82. The standard InChI is InChI=1S/C21H25F3N4O/c1-2-15-10-6-7-11-27(15)20(29)17-13-19-25-16(14-8-4-3-5-9-14)12-18(21(22,23)24)28(19)26-17/h3-5,8-9,13,15-16,18,25H,2,6-7,10-12H2,1H3/t15-,16+,18+/m1/s1. The van der Waals surface area contributed by atoms with Crippen LogP contribution in [0.2, 0.25) is 0 Å². The average Bonchev–Trinajstić information content (AvgIpc) is 3.16. The maximum Gasteiger partial charge on any atom is 0.410 e. The first-order valence-corrected chi connectivity index (χ1v) is 10.2. The van der Waals surface area contributed by atoms with Crippen molar-refractivity contribution in [3.8, 4) is 0 Å². The zero-order valence-electron chi connectivity index (χ0n) is 16.3. The SMILES string of the molecule is CC[C@@H]1CCCCN1C(=O)c1cc2n(n1)[C@H](C(F)(F)F)C[C@@H](c1ccccc1)N2. The van der Waals surface area contributed by atoms with Gasteiger partial charge in [0, 0.05) is 25.1 Å². The third-order valence-corrected chi connectivity index (χ3v) is 5.97. The number of amides is 1. The summed E-state index contributed by atoms with van der Waals surface area (Å²) < 4.78 is 42.4. The molecule has 1 fully saturated rings. The largest absolute Gasteiger partial charge is 0.410 e. The molecule has 1 amide bonds. The fraction of sp³-hybridized carbons (Fsp3) is 0.524. The first-order valence-electron chi connectivity index (χ1n) is 10.2. The van der Waals surface area contributed by atoms with E-state index >= 15 is 0 Å². The molecule has 0 spiro atoms. The van der Waals surface area contributed by atoms with E-state index in [-0.39, 0.29) is 29.9 Å². The summed E-state index contributed by atoms with van der Waals surface area (Å²) in [6.07, 6.45) is -0.883. The number of likely N-dealkylation sites (tertiary alicyclic amines) is 1. The number of hydrogen-bond acceptors (Lipinski definition) is 3. The Morgan fingerprint density at radius 1 is 1.24 bits per heavy atom. The summed E-state index contributed by atoms with van der Waals surface area (Å²) in [5.74, 6) is -0.0433. The molecule has 0 unspecified atom stereocenters. The molecule has 3 heterocycles. The van der Waals surface area contributed by atoms with Gasteiger partial charge in [-0.05, 0) is 31.2 Å². The molecule has 2 aliphatic rings. The van der Waals surface area contributed by atoms with Crippen LogP contribution in [0.3, 0.4) is 0 Å². The van der Waals surface area contributed by atoms with Crippen molar-refractivity contribution in [1.29, 1.82) is 0 Å². The van der Waals surface area contributed by atoms with Crippen LogP contribution in [0.5, 0.6) is 0 Å². The van der Waals surface area contributed by atoms with Crippen LogP contribution in [0.4, 0.5) is 19.0 Å². The van der Waals surface area contributed by atoms with Crippen molar-refractivity contribution < 1.29 is 18.0 Å². The van der Waals surface area contributed by atoms with Crippen molar-refractivity contribution in [2.75, 3.05) is 11.9 Å². The van der Waals surface area contributed by atoms with E-state index in [0.29, 0.717) is 6.54 Å². The molecule has 156 valence electrons. The van der Waals surface area contributed by atoms with Gasteiger partial charge in [0.25, 0.3) is 5.91 Å². The molecular formula is C21H25F3N4O. The van der Waals surface area contributed by atoms with Gasteiger partial charge >= 0.3 is 6.18 Å². The molecule has 0 aliphatic carbocycles. The zero-order valence-corrected chi connectivity index (χ0v) is 16.3. The molecule has 5 nitrogen and oxygen atoms in total. The predicted molar refractivity (Wildman–Crippen MR) is 104 cm³/mol. The fourth-order valence-corrected chi connectivity index (χ4v) is 4.42. The third-order valence-electron chi connectivity index (χ3n) is 5.97. The average molecular weight is 406 g/mol. The van der Waals surface area contributed by atoms with Crippen LogP contribution in [0.15, 0.2) is 36.4 Å². The molecule has 1 aromatic heterocycles. The van der Waals surface area contributed by atoms with E-state index in [4.69, 9.17) is 0 Å². The van der Waals surface area contributed by atoms with Gasteiger partial charge in [0.05, 0.1) is 6.04 Å². The van der Waals surface area contributed by atoms with Crippen molar-refractivity contribution in [3.63, 3.8) is 0 Å². The van der Waals surface area contributed by atoms with E-state index in [2.05, 4.69) is 10.4 Å². The molecule has 2 aliphatic heterocycles. The van der Waals surface area contributed by atoms with Gasteiger partial charge in [0.15, 0.2) is 11.7 Å². The monoisotopic (exact) mass is 406 g/mol. The summed E-state index contributed by atoms with van der Waals surface area (Å²) in [6, 6.07) is 8.39. The Bertz CT molecular complexity index is 865. The Morgan fingerprint density at radius 3 is 2.69 bits per heavy atom. The van der Waals surface area contributed by atoms with Gasteiger partial charge in [0.1, 0.15) is 5.82 Å². The van der Waals surface area contributed by atoms with Crippen molar-refractivity contribution in [2.45, 2.75) is 63.3 Å². The number of carbonyl (C=O) groups is 1. The molecule has 0 bridgehead atoms. The van der Waals surface area contributed by atoms with Gasteiger partial charge in [0.2, 0.25) is 0 Å². The van der Waals surface area contributed by atoms with Crippen LogP contribution in [0.1, 0.15) is 67.2 Å². The molecule has 0 saturated carbocycles. The Hall–Kier alpha value is -2.51. The van der Waals surface area contributed by atoms with Crippen LogP contribution in [-0.2, 0) is 0 Å². The van der Waals surface area contributed by atoms with Crippen LogP contribution < -0.4 is 5.32 Å². The van der Waals surface area contributed by atoms with E-state index in [9.17, 15) is 18.0 Å². The highest BCUT2D eigenvalue weighted by Gasteiger charge is 2.47. The summed E-state index contributed by atoms with van der Waals surface area (Å²) in [7, 11) is 0. The highest BCUT2D eigenvalue weighted by atomic mass is 19.4. The molecule has 4 rings (SSSR count). The fourth-order valence-electron chi connectivity index (χ4n) is 4.42. The number of aromatic nitrogens is 2. The Balaban J connectivity index is 1.66. The van der Waals surface area contributed by atoms with E-state index in [1.54, 1.807) is 4.90 Å². The molecule has 8 heteroatoms. The van der Waals surface area contributed by atoms with Gasteiger partial charge in [-0.25, -0.2) is 4.68 Å². The van der Waals surface area contributed by atoms with Gasteiger partial charge < -0.3 is 10.2 Å². The van der Waals surface area contributed by atoms with E-state index < -0.39 is 18.3 Å². The van der Waals surface area contributed by atoms with Crippen molar-refractivity contribution in [3.05, 3.63) is 47.7 Å². The number of rotatable bonds is 3. The molecule has 0 radical (unpaired) electrons. The van der Waals surface area contributed by atoms with Crippen LogP contribution in [0.25, 0.3) is 0 Å². The number of carbonyl (C=O) groups excluding carboxylic acids is 1.